The molecule has 0 aromatic heterocycles. The number of rotatable bonds is 2. The Labute approximate surface area is 88.5 Å². The van der Waals surface area contributed by atoms with E-state index in [2.05, 4.69) is 5.32 Å². The van der Waals surface area contributed by atoms with Crippen LogP contribution in [0.5, 0.6) is 0 Å². The van der Waals surface area contributed by atoms with Gasteiger partial charge in [-0.1, -0.05) is 12.1 Å². The molecule has 1 aromatic carbocycles. The number of nitrogens with one attached hydrogen (secondary N) is 1. The summed E-state index contributed by atoms with van der Waals surface area (Å²) in [6, 6.07) is 6.22. The van der Waals surface area contributed by atoms with Crippen LogP contribution >= 0.6 is 0 Å². The molecule has 0 atom stereocenters. The number of piperidine rings is 1. The van der Waals surface area contributed by atoms with Gasteiger partial charge in [0.1, 0.15) is 11.5 Å². The van der Waals surface area contributed by atoms with Gasteiger partial charge in [-0.05, 0) is 43.6 Å². The minimum Gasteiger partial charge on any atom is -0.316 e. The molecule has 15 heavy (non-hydrogen) atoms. The van der Waals surface area contributed by atoms with Crippen LogP contribution in [0.3, 0.4) is 0 Å². The molecule has 0 radical (unpaired) electrons. The summed E-state index contributed by atoms with van der Waals surface area (Å²) in [7, 11) is 0. The van der Waals surface area contributed by atoms with E-state index in [4.69, 9.17) is 0 Å². The van der Waals surface area contributed by atoms with Gasteiger partial charge in [-0.3, -0.25) is 0 Å². The van der Waals surface area contributed by atoms with Crippen LogP contribution in [0, 0.1) is 5.82 Å². The summed E-state index contributed by atoms with van der Waals surface area (Å²) in [5, 5.41) is 3.12. The number of hydrogen-bond donors (Lipinski definition) is 1. The Hall–Kier alpha value is -0.960. The van der Waals surface area contributed by atoms with Gasteiger partial charge in [0.05, 0.1) is 0 Å². The molecule has 0 spiro atoms. The van der Waals surface area contributed by atoms with Crippen molar-refractivity contribution in [3.63, 3.8) is 0 Å². The Morgan fingerprint density at radius 3 is 2.67 bits per heavy atom. The minimum absolute atomic E-state index is 0.287. The summed E-state index contributed by atoms with van der Waals surface area (Å²) in [6.45, 7) is 1.43. The van der Waals surface area contributed by atoms with Crippen molar-refractivity contribution in [1.82, 2.24) is 5.32 Å². The summed E-state index contributed by atoms with van der Waals surface area (Å²) in [4.78, 5) is 0. The normalized spacial score (nSPS) is 20.1. The third-order valence-electron chi connectivity index (χ3n) is 2.91. The zero-order chi connectivity index (χ0) is 10.7. The van der Waals surface area contributed by atoms with Crippen molar-refractivity contribution in [2.75, 3.05) is 13.1 Å². The molecule has 1 nitrogen and oxygen atoms in total. The van der Waals surface area contributed by atoms with Crippen molar-refractivity contribution >= 4 is 0 Å². The molecule has 1 aliphatic heterocycles. The van der Waals surface area contributed by atoms with Crippen LogP contribution in [-0.4, -0.2) is 18.8 Å². The van der Waals surface area contributed by atoms with E-state index in [1.165, 1.54) is 12.1 Å². The standard InChI is InChI=1S/C12H15F2N/c13-11-3-1-2-10(8-11)9-12(14)4-6-15-7-5-12/h1-3,8,15H,4-7,9H2. The van der Waals surface area contributed by atoms with Crippen LogP contribution in [0.1, 0.15) is 18.4 Å². The summed E-state index contributed by atoms with van der Waals surface area (Å²) in [5.41, 5.74) is -0.404. The lowest BCUT2D eigenvalue weighted by molar-refractivity contribution is 0.116. The van der Waals surface area contributed by atoms with E-state index in [1.54, 1.807) is 12.1 Å². The van der Waals surface area contributed by atoms with Crippen LogP contribution in [0.4, 0.5) is 8.78 Å². The second-order valence-electron chi connectivity index (χ2n) is 4.21. The Kier molecular flexibility index (Phi) is 3.00. The van der Waals surface area contributed by atoms with Gasteiger partial charge in [0.15, 0.2) is 0 Å². The second-order valence-corrected chi connectivity index (χ2v) is 4.21. The SMILES string of the molecule is Fc1cccc(CC2(F)CCNCC2)c1. The Morgan fingerprint density at radius 2 is 2.00 bits per heavy atom. The van der Waals surface area contributed by atoms with Gasteiger partial charge in [-0.2, -0.15) is 0 Å². The average Bonchev–Trinajstić information content (AvgIpc) is 2.18. The first-order chi connectivity index (χ1) is 7.18. The fourth-order valence-electron chi connectivity index (χ4n) is 2.06. The molecule has 2 rings (SSSR count). The molecule has 82 valence electrons. The third kappa shape index (κ3) is 2.75. The molecule has 1 aromatic rings. The molecule has 0 amide bonds. The maximum Gasteiger partial charge on any atom is 0.123 e. The lowest BCUT2D eigenvalue weighted by Crippen LogP contribution is -2.40. The van der Waals surface area contributed by atoms with Gasteiger partial charge in [-0.25, -0.2) is 8.78 Å². The first-order valence-electron chi connectivity index (χ1n) is 5.32. The van der Waals surface area contributed by atoms with E-state index < -0.39 is 5.67 Å². The molecule has 1 aliphatic rings. The maximum absolute atomic E-state index is 14.2. The van der Waals surface area contributed by atoms with Crippen LogP contribution in [-0.2, 0) is 6.42 Å². The molecule has 1 heterocycles. The zero-order valence-corrected chi connectivity index (χ0v) is 8.60. The Morgan fingerprint density at radius 1 is 1.27 bits per heavy atom. The lowest BCUT2D eigenvalue weighted by Gasteiger charge is -2.30. The summed E-state index contributed by atoms with van der Waals surface area (Å²) in [5.74, 6) is -0.287. The van der Waals surface area contributed by atoms with Crippen LogP contribution in [0.2, 0.25) is 0 Å². The number of benzene rings is 1. The van der Waals surface area contributed by atoms with E-state index in [9.17, 15) is 8.78 Å². The molecule has 3 heteroatoms. The van der Waals surface area contributed by atoms with Gasteiger partial charge < -0.3 is 5.32 Å². The topological polar surface area (TPSA) is 12.0 Å². The van der Waals surface area contributed by atoms with Gasteiger partial charge in [0.2, 0.25) is 0 Å². The first kappa shape index (κ1) is 10.6. The van der Waals surface area contributed by atoms with Crippen LogP contribution in [0.25, 0.3) is 0 Å². The molecule has 1 N–H and O–H groups in total. The molecule has 0 bridgehead atoms. The molecule has 0 saturated carbocycles. The van der Waals surface area contributed by atoms with Crippen LogP contribution in [0.15, 0.2) is 24.3 Å². The fourth-order valence-corrected chi connectivity index (χ4v) is 2.06. The van der Waals surface area contributed by atoms with Crippen molar-refractivity contribution in [3.8, 4) is 0 Å². The van der Waals surface area contributed by atoms with Crippen molar-refractivity contribution < 1.29 is 8.78 Å². The molecule has 1 saturated heterocycles. The smallest absolute Gasteiger partial charge is 0.123 e. The quantitative estimate of drug-likeness (QED) is 0.792. The van der Waals surface area contributed by atoms with E-state index >= 15 is 0 Å². The van der Waals surface area contributed by atoms with Crippen molar-refractivity contribution in [1.29, 1.82) is 0 Å². The third-order valence-corrected chi connectivity index (χ3v) is 2.91. The lowest BCUT2D eigenvalue weighted by atomic mass is 9.88. The predicted octanol–water partition coefficient (Wildman–Crippen LogP) is 2.46. The highest BCUT2D eigenvalue weighted by molar-refractivity contribution is 5.18. The Bertz CT molecular complexity index is 332. The highest BCUT2D eigenvalue weighted by atomic mass is 19.1. The second kappa shape index (κ2) is 4.27. The van der Waals surface area contributed by atoms with Gasteiger partial charge >= 0.3 is 0 Å². The first-order valence-corrected chi connectivity index (χ1v) is 5.32. The molecule has 0 unspecified atom stereocenters. The number of hydrogen-bond acceptors (Lipinski definition) is 1. The van der Waals surface area contributed by atoms with E-state index in [0.717, 1.165) is 5.56 Å². The largest absolute Gasteiger partial charge is 0.316 e. The monoisotopic (exact) mass is 211 g/mol. The van der Waals surface area contributed by atoms with Crippen molar-refractivity contribution in [2.24, 2.45) is 0 Å². The number of halogens is 2. The average molecular weight is 211 g/mol. The van der Waals surface area contributed by atoms with Gasteiger partial charge in [0.25, 0.3) is 0 Å². The number of alkyl halides is 1. The Balaban J connectivity index is 2.06. The highest BCUT2D eigenvalue weighted by Crippen LogP contribution is 2.27. The van der Waals surface area contributed by atoms with Crippen molar-refractivity contribution in [3.05, 3.63) is 35.6 Å². The zero-order valence-electron chi connectivity index (χ0n) is 8.60. The highest BCUT2D eigenvalue weighted by Gasteiger charge is 2.31. The summed E-state index contributed by atoms with van der Waals surface area (Å²) in [6.07, 6.45) is 1.36. The molecular formula is C12H15F2N. The van der Waals surface area contributed by atoms with Gasteiger partial charge in [-0.15, -0.1) is 0 Å². The van der Waals surface area contributed by atoms with E-state index in [0.29, 0.717) is 32.4 Å². The molecular weight excluding hydrogens is 196 g/mol. The van der Waals surface area contributed by atoms with Gasteiger partial charge in [0, 0.05) is 6.42 Å². The van der Waals surface area contributed by atoms with Crippen LogP contribution < -0.4 is 5.32 Å². The molecule has 1 fully saturated rings. The fraction of sp³-hybridized carbons (Fsp3) is 0.500. The van der Waals surface area contributed by atoms with Crippen molar-refractivity contribution in [2.45, 2.75) is 24.9 Å². The maximum atomic E-state index is 14.2. The minimum atomic E-state index is -1.15. The predicted molar refractivity (Wildman–Crippen MR) is 56.0 cm³/mol. The summed E-state index contributed by atoms with van der Waals surface area (Å²) < 4.78 is 27.1. The van der Waals surface area contributed by atoms with E-state index in [-0.39, 0.29) is 5.82 Å². The molecule has 0 aliphatic carbocycles. The summed E-state index contributed by atoms with van der Waals surface area (Å²) >= 11 is 0. The van der Waals surface area contributed by atoms with E-state index in [1.807, 2.05) is 0 Å².